The second kappa shape index (κ2) is 10.1. The molecule has 0 aliphatic heterocycles. The summed E-state index contributed by atoms with van der Waals surface area (Å²) in [4.78, 5) is 24.8. The summed E-state index contributed by atoms with van der Waals surface area (Å²) < 4.78 is 10.6. The highest BCUT2D eigenvalue weighted by molar-refractivity contribution is 7.18. The van der Waals surface area contributed by atoms with Gasteiger partial charge in [0.25, 0.3) is 5.91 Å². The predicted molar refractivity (Wildman–Crippen MR) is 119 cm³/mol. The predicted octanol–water partition coefficient (Wildman–Crippen LogP) is 3.26. The first-order chi connectivity index (χ1) is 14.9. The third-order valence-corrected chi connectivity index (χ3v) is 5.23. The average Bonchev–Trinajstić information content (AvgIpc) is 3.22. The Bertz CT molecular complexity index is 1020. The maximum atomic E-state index is 12.6. The van der Waals surface area contributed by atoms with E-state index in [-0.39, 0.29) is 12.5 Å². The first-order valence-corrected chi connectivity index (χ1v) is 10.4. The van der Waals surface area contributed by atoms with Gasteiger partial charge >= 0.3 is 0 Å². The number of hydrogen-bond acceptors (Lipinski definition) is 7. The van der Waals surface area contributed by atoms with Crippen molar-refractivity contribution in [3.05, 3.63) is 60.2 Å². The number of aromatic nitrogens is 2. The third kappa shape index (κ3) is 6.34. The monoisotopic (exact) mass is 440 g/mol. The molecular formula is C22H24N4O4S. The van der Waals surface area contributed by atoms with Gasteiger partial charge in [-0.3, -0.25) is 14.9 Å². The topological polar surface area (TPSA) is 102 Å². The minimum atomic E-state index is -1.15. The molecule has 3 aromatic rings. The molecule has 0 aliphatic carbocycles. The number of methoxy groups -OCH3 is 1. The maximum absolute atomic E-state index is 12.6. The van der Waals surface area contributed by atoms with Gasteiger partial charge < -0.3 is 14.8 Å². The number of nitrogens with one attached hydrogen (secondary N) is 2. The fraction of sp³-hybridized carbons (Fsp3) is 0.273. The summed E-state index contributed by atoms with van der Waals surface area (Å²) >= 11 is 1.24. The molecule has 0 fully saturated rings. The fourth-order valence-electron chi connectivity index (χ4n) is 2.65. The number of nitrogens with zero attached hydrogens (tertiary/aromatic N) is 2. The third-order valence-electron chi connectivity index (χ3n) is 4.35. The molecule has 0 spiro atoms. The van der Waals surface area contributed by atoms with E-state index in [0.717, 1.165) is 16.9 Å². The largest absolute Gasteiger partial charge is 0.497 e. The summed E-state index contributed by atoms with van der Waals surface area (Å²) in [5, 5.41) is 14.5. The number of benzene rings is 2. The van der Waals surface area contributed by atoms with E-state index in [0.29, 0.717) is 16.7 Å². The van der Waals surface area contributed by atoms with Gasteiger partial charge in [-0.05, 0) is 43.7 Å². The van der Waals surface area contributed by atoms with Crippen LogP contribution in [0.2, 0.25) is 0 Å². The highest BCUT2D eigenvalue weighted by Crippen LogP contribution is 2.28. The molecule has 0 saturated heterocycles. The van der Waals surface area contributed by atoms with Crippen molar-refractivity contribution in [3.63, 3.8) is 0 Å². The van der Waals surface area contributed by atoms with E-state index in [1.165, 1.54) is 11.3 Å². The number of carbonyl (C=O) groups is 2. The van der Waals surface area contributed by atoms with Gasteiger partial charge in [0.1, 0.15) is 22.9 Å². The highest BCUT2D eigenvalue weighted by atomic mass is 32.1. The van der Waals surface area contributed by atoms with Crippen molar-refractivity contribution in [2.45, 2.75) is 26.0 Å². The second-order valence-electron chi connectivity index (χ2n) is 7.25. The van der Waals surface area contributed by atoms with Gasteiger partial charge in [0, 0.05) is 5.56 Å². The first-order valence-electron chi connectivity index (χ1n) is 9.59. The van der Waals surface area contributed by atoms with Gasteiger partial charge in [0.2, 0.25) is 11.0 Å². The molecule has 0 aliphatic rings. The minimum Gasteiger partial charge on any atom is -0.497 e. The summed E-state index contributed by atoms with van der Waals surface area (Å²) in [6.07, 6.45) is 0. The molecule has 0 radical (unpaired) electrons. The molecule has 0 atom stereocenters. The summed E-state index contributed by atoms with van der Waals surface area (Å²) in [6, 6.07) is 16.9. The Morgan fingerprint density at radius 3 is 2.42 bits per heavy atom. The van der Waals surface area contributed by atoms with Gasteiger partial charge in [-0.1, -0.05) is 41.7 Å². The lowest BCUT2D eigenvalue weighted by molar-refractivity contribution is -0.132. The molecule has 9 heteroatoms. The summed E-state index contributed by atoms with van der Waals surface area (Å²) in [7, 11) is 1.60. The number of anilines is 1. The van der Waals surface area contributed by atoms with Crippen molar-refractivity contribution in [1.29, 1.82) is 0 Å². The van der Waals surface area contributed by atoms with Crippen molar-refractivity contribution in [1.82, 2.24) is 15.5 Å². The van der Waals surface area contributed by atoms with E-state index in [1.807, 2.05) is 54.6 Å². The zero-order valence-electron chi connectivity index (χ0n) is 17.5. The standard InChI is InChI=1S/C22H24N4O4S/c1-22(2,24-18(27)14-30-13-15-7-5-4-6-8-15)20(28)23-21-26-25-19(31-21)16-9-11-17(29-3)12-10-16/h4-12H,13-14H2,1-3H3,(H,24,27)(H,23,26,28). The van der Waals surface area contributed by atoms with E-state index in [9.17, 15) is 9.59 Å². The summed E-state index contributed by atoms with van der Waals surface area (Å²) in [5.41, 5.74) is 0.678. The van der Waals surface area contributed by atoms with E-state index >= 15 is 0 Å². The van der Waals surface area contributed by atoms with Crippen LogP contribution in [0.5, 0.6) is 5.75 Å². The molecule has 2 amide bonds. The van der Waals surface area contributed by atoms with Crippen LogP contribution in [-0.4, -0.2) is 41.3 Å². The Morgan fingerprint density at radius 2 is 1.74 bits per heavy atom. The normalized spacial score (nSPS) is 11.1. The molecule has 8 nitrogen and oxygen atoms in total. The van der Waals surface area contributed by atoms with Gasteiger partial charge in [0.05, 0.1) is 13.7 Å². The number of carbonyl (C=O) groups excluding carboxylic acids is 2. The number of ether oxygens (including phenoxy) is 2. The highest BCUT2D eigenvalue weighted by Gasteiger charge is 2.30. The van der Waals surface area contributed by atoms with Gasteiger partial charge in [-0.2, -0.15) is 0 Å². The van der Waals surface area contributed by atoms with Gasteiger partial charge in [0.15, 0.2) is 0 Å². The Morgan fingerprint density at radius 1 is 1.03 bits per heavy atom. The lowest BCUT2D eigenvalue weighted by atomic mass is 10.0. The number of amides is 2. The summed E-state index contributed by atoms with van der Waals surface area (Å²) in [5.74, 6) is -0.0411. The van der Waals surface area contributed by atoms with Crippen molar-refractivity contribution in [2.24, 2.45) is 0 Å². The molecule has 2 aromatic carbocycles. The number of hydrogen-bond donors (Lipinski definition) is 2. The van der Waals surface area contributed by atoms with Crippen LogP contribution in [0.3, 0.4) is 0 Å². The smallest absolute Gasteiger partial charge is 0.251 e. The lowest BCUT2D eigenvalue weighted by Gasteiger charge is -2.24. The zero-order chi connectivity index (χ0) is 22.3. The lowest BCUT2D eigenvalue weighted by Crippen LogP contribution is -2.53. The number of rotatable bonds is 9. The van der Waals surface area contributed by atoms with Crippen LogP contribution in [-0.2, 0) is 20.9 Å². The average molecular weight is 441 g/mol. The molecule has 1 heterocycles. The molecule has 162 valence electrons. The minimum absolute atomic E-state index is 0.147. The van der Waals surface area contributed by atoms with E-state index < -0.39 is 11.4 Å². The van der Waals surface area contributed by atoms with Crippen LogP contribution in [0.15, 0.2) is 54.6 Å². The van der Waals surface area contributed by atoms with Crippen LogP contribution < -0.4 is 15.4 Å². The molecule has 0 unspecified atom stereocenters. The molecule has 31 heavy (non-hydrogen) atoms. The maximum Gasteiger partial charge on any atom is 0.251 e. The van der Waals surface area contributed by atoms with Gasteiger partial charge in [-0.25, -0.2) is 0 Å². The molecule has 2 N–H and O–H groups in total. The Hall–Kier alpha value is -3.30. The second-order valence-corrected chi connectivity index (χ2v) is 8.22. The summed E-state index contributed by atoms with van der Waals surface area (Å²) in [6.45, 7) is 3.40. The SMILES string of the molecule is COc1ccc(-c2nnc(NC(=O)C(C)(C)NC(=O)COCc3ccccc3)s2)cc1. The Balaban J connectivity index is 1.51. The van der Waals surface area contributed by atoms with Crippen LogP contribution >= 0.6 is 11.3 Å². The van der Waals surface area contributed by atoms with Crippen LogP contribution in [0.4, 0.5) is 5.13 Å². The fourth-order valence-corrected chi connectivity index (χ4v) is 3.40. The van der Waals surface area contributed by atoms with Crippen molar-refractivity contribution in [3.8, 4) is 16.3 Å². The Kier molecular flexibility index (Phi) is 7.32. The van der Waals surface area contributed by atoms with E-state index in [4.69, 9.17) is 9.47 Å². The zero-order valence-corrected chi connectivity index (χ0v) is 18.4. The molecule has 0 saturated carbocycles. The van der Waals surface area contributed by atoms with Crippen molar-refractivity contribution in [2.75, 3.05) is 19.0 Å². The quantitative estimate of drug-likeness (QED) is 0.529. The molecule has 1 aromatic heterocycles. The van der Waals surface area contributed by atoms with Crippen LogP contribution in [0.25, 0.3) is 10.6 Å². The van der Waals surface area contributed by atoms with Gasteiger partial charge in [-0.15, -0.1) is 10.2 Å². The molecule has 0 bridgehead atoms. The molecule has 3 rings (SSSR count). The van der Waals surface area contributed by atoms with E-state index in [2.05, 4.69) is 20.8 Å². The Labute approximate surface area is 184 Å². The molecular weight excluding hydrogens is 416 g/mol. The van der Waals surface area contributed by atoms with Crippen molar-refractivity contribution < 1.29 is 19.1 Å². The van der Waals surface area contributed by atoms with E-state index in [1.54, 1.807) is 21.0 Å². The van der Waals surface area contributed by atoms with Crippen molar-refractivity contribution >= 4 is 28.3 Å². The first kappa shape index (κ1) is 22.4. The van der Waals surface area contributed by atoms with Crippen LogP contribution in [0, 0.1) is 0 Å². The van der Waals surface area contributed by atoms with Crippen LogP contribution in [0.1, 0.15) is 19.4 Å².